The van der Waals surface area contributed by atoms with Gasteiger partial charge in [-0.2, -0.15) is 10.2 Å². The SMILES string of the molecule is C[C@@H]1CN(c2ccc(C#N)c3ncccc23)C[C@H](CN2CCN(c3ccnc(N4CCN(C(=O)C5CCN5)CC4)n3)CC2)O1. The summed E-state index contributed by atoms with van der Waals surface area (Å²) in [6.45, 7) is 12.1. The minimum Gasteiger partial charge on any atom is -0.370 e. The number of fused-ring (bicyclic) bond motifs is 1. The molecule has 230 valence electrons. The fourth-order valence-corrected chi connectivity index (χ4v) is 6.83. The van der Waals surface area contributed by atoms with Gasteiger partial charge in [-0.15, -0.1) is 0 Å². The van der Waals surface area contributed by atoms with Crippen molar-refractivity contribution >= 4 is 34.3 Å². The normalized spacial score (nSPS) is 24.7. The number of carbonyl (C=O) groups excluding carboxylic acids is 1. The van der Waals surface area contributed by atoms with Crippen molar-refractivity contribution in [3.63, 3.8) is 0 Å². The Labute approximate surface area is 258 Å². The summed E-state index contributed by atoms with van der Waals surface area (Å²) >= 11 is 0. The number of carbonyl (C=O) groups is 1. The van der Waals surface area contributed by atoms with E-state index < -0.39 is 0 Å². The molecule has 3 aromatic rings. The average molecular weight is 597 g/mol. The molecule has 4 aliphatic rings. The van der Waals surface area contributed by atoms with Crippen molar-refractivity contribution in [1.82, 2.24) is 30.1 Å². The van der Waals surface area contributed by atoms with Crippen molar-refractivity contribution in [3.05, 3.63) is 48.3 Å². The van der Waals surface area contributed by atoms with Crippen LogP contribution in [0.15, 0.2) is 42.7 Å². The van der Waals surface area contributed by atoms with E-state index in [4.69, 9.17) is 9.72 Å². The van der Waals surface area contributed by atoms with Gasteiger partial charge in [0.25, 0.3) is 0 Å². The Kier molecular flexibility index (Phi) is 8.16. The van der Waals surface area contributed by atoms with Crippen LogP contribution in [0.3, 0.4) is 0 Å². The van der Waals surface area contributed by atoms with E-state index in [9.17, 15) is 10.1 Å². The fourth-order valence-electron chi connectivity index (χ4n) is 6.83. The van der Waals surface area contributed by atoms with Gasteiger partial charge in [0, 0.05) is 95.5 Å². The number of nitrogens with zero attached hydrogens (tertiary/aromatic N) is 9. The Hall–Kier alpha value is -4.05. The summed E-state index contributed by atoms with van der Waals surface area (Å²) in [6.07, 6.45) is 4.74. The van der Waals surface area contributed by atoms with E-state index in [0.29, 0.717) is 18.7 Å². The van der Waals surface area contributed by atoms with Crippen LogP contribution in [-0.2, 0) is 9.53 Å². The third kappa shape index (κ3) is 5.87. The molecule has 0 spiro atoms. The molecule has 1 amide bonds. The van der Waals surface area contributed by atoms with Crippen molar-refractivity contribution in [2.75, 3.05) is 93.2 Å². The maximum Gasteiger partial charge on any atom is 0.239 e. The third-order valence-electron chi connectivity index (χ3n) is 9.32. The first kappa shape index (κ1) is 28.7. The van der Waals surface area contributed by atoms with Gasteiger partial charge in [0.1, 0.15) is 11.9 Å². The van der Waals surface area contributed by atoms with Gasteiger partial charge < -0.3 is 29.7 Å². The van der Waals surface area contributed by atoms with Gasteiger partial charge >= 0.3 is 0 Å². The molecular formula is C32H40N10O2. The Bertz CT molecular complexity index is 1520. The summed E-state index contributed by atoms with van der Waals surface area (Å²) in [5.41, 5.74) is 2.47. The lowest BCUT2D eigenvalue weighted by atomic mass is 10.1. The molecule has 12 heteroatoms. The van der Waals surface area contributed by atoms with Crippen LogP contribution in [0.2, 0.25) is 0 Å². The predicted octanol–water partition coefficient (Wildman–Crippen LogP) is 1.32. The second-order valence-corrected chi connectivity index (χ2v) is 12.2. The second kappa shape index (κ2) is 12.5. The van der Waals surface area contributed by atoms with E-state index in [1.807, 2.05) is 29.3 Å². The number of rotatable bonds is 6. The first-order valence-electron chi connectivity index (χ1n) is 15.8. The number of nitriles is 1. The number of anilines is 3. The Balaban J connectivity index is 0.938. The molecule has 44 heavy (non-hydrogen) atoms. The van der Waals surface area contributed by atoms with E-state index in [1.54, 1.807) is 6.20 Å². The van der Waals surface area contributed by atoms with Crippen LogP contribution in [0.4, 0.5) is 17.5 Å². The molecule has 0 bridgehead atoms. The molecule has 0 radical (unpaired) electrons. The Morgan fingerprint density at radius 2 is 1.77 bits per heavy atom. The molecular weight excluding hydrogens is 556 g/mol. The van der Waals surface area contributed by atoms with Crippen LogP contribution in [0.5, 0.6) is 0 Å². The standard InChI is InChI=1S/C32H40N10O2/c1-23-20-42(28-5-4-24(19-33)30-26(28)3-2-8-35-30)22-25(44-23)21-38-11-13-39(14-12-38)29-7-10-36-32(37-29)41-17-15-40(16-18-41)31(43)27-6-9-34-27/h2-5,7-8,10,23,25,27,34H,6,9,11-18,20-22H2,1H3/t23-,25+,27?/m1/s1. The van der Waals surface area contributed by atoms with Gasteiger partial charge in [-0.3, -0.25) is 14.7 Å². The number of piperazine rings is 2. The first-order valence-corrected chi connectivity index (χ1v) is 15.8. The Morgan fingerprint density at radius 1 is 0.977 bits per heavy atom. The number of benzene rings is 1. The summed E-state index contributed by atoms with van der Waals surface area (Å²) in [4.78, 5) is 38.0. The molecule has 4 aliphatic heterocycles. The minimum atomic E-state index is 0.00671. The monoisotopic (exact) mass is 596 g/mol. The number of amides is 1. The van der Waals surface area contributed by atoms with Gasteiger partial charge in [0.15, 0.2) is 0 Å². The lowest BCUT2D eigenvalue weighted by Crippen LogP contribution is -2.58. The molecule has 4 fully saturated rings. The van der Waals surface area contributed by atoms with Gasteiger partial charge in [-0.25, -0.2) is 4.98 Å². The number of hydrogen-bond donors (Lipinski definition) is 1. The van der Waals surface area contributed by atoms with Crippen LogP contribution in [0.1, 0.15) is 18.9 Å². The zero-order valence-electron chi connectivity index (χ0n) is 25.3. The molecule has 4 saturated heterocycles. The van der Waals surface area contributed by atoms with Crippen molar-refractivity contribution in [2.45, 2.75) is 31.6 Å². The fraction of sp³-hybridized carbons (Fsp3) is 0.531. The van der Waals surface area contributed by atoms with Crippen molar-refractivity contribution in [2.24, 2.45) is 0 Å². The molecule has 7 rings (SSSR count). The summed E-state index contributed by atoms with van der Waals surface area (Å²) in [5, 5.41) is 13.8. The third-order valence-corrected chi connectivity index (χ3v) is 9.32. The number of nitrogens with one attached hydrogen (secondary N) is 1. The molecule has 1 unspecified atom stereocenters. The molecule has 2 aromatic heterocycles. The summed E-state index contributed by atoms with van der Waals surface area (Å²) in [7, 11) is 0. The highest BCUT2D eigenvalue weighted by atomic mass is 16.5. The maximum absolute atomic E-state index is 12.6. The largest absolute Gasteiger partial charge is 0.370 e. The van der Waals surface area contributed by atoms with E-state index >= 15 is 0 Å². The lowest BCUT2D eigenvalue weighted by molar-refractivity contribution is -0.135. The molecule has 0 aliphatic carbocycles. The van der Waals surface area contributed by atoms with Crippen molar-refractivity contribution in [1.29, 1.82) is 5.26 Å². The lowest BCUT2D eigenvalue weighted by Gasteiger charge is -2.42. The van der Waals surface area contributed by atoms with Gasteiger partial charge in [-0.1, -0.05) is 0 Å². The predicted molar refractivity (Wildman–Crippen MR) is 169 cm³/mol. The van der Waals surface area contributed by atoms with Crippen molar-refractivity contribution in [3.8, 4) is 6.07 Å². The highest BCUT2D eigenvalue weighted by Gasteiger charge is 2.32. The van der Waals surface area contributed by atoms with Crippen LogP contribution < -0.4 is 20.0 Å². The van der Waals surface area contributed by atoms with Crippen molar-refractivity contribution < 1.29 is 9.53 Å². The van der Waals surface area contributed by atoms with Gasteiger partial charge in [0.05, 0.1) is 29.3 Å². The molecule has 1 N–H and O–H groups in total. The summed E-state index contributed by atoms with van der Waals surface area (Å²) in [5.74, 6) is 1.93. The van der Waals surface area contributed by atoms with Crippen LogP contribution >= 0.6 is 0 Å². The highest BCUT2D eigenvalue weighted by molar-refractivity contribution is 5.95. The summed E-state index contributed by atoms with van der Waals surface area (Å²) < 4.78 is 6.42. The number of pyridine rings is 1. The Morgan fingerprint density at radius 3 is 2.52 bits per heavy atom. The maximum atomic E-state index is 12.6. The van der Waals surface area contributed by atoms with Gasteiger partial charge in [0.2, 0.25) is 11.9 Å². The van der Waals surface area contributed by atoms with E-state index in [2.05, 4.69) is 60.0 Å². The number of hydrogen-bond acceptors (Lipinski definition) is 11. The van der Waals surface area contributed by atoms with Crippen LogP contribution in [-0.4, -0.2) is 127 Å². The first-order chi connectivity index (χ1) is 21.6. The molecule has 6 heterocycles. The topological polar surface area (TPSA) is 117 Å². The highest BCUT2D eigenvalue weighted by Crippen LogP contribution is 2.30. The molecule has 0 saturated carbocycles. The minimum absolute atomic E-state index is 0.00671. The second-order valence-electron chi connectivity index (χ2n) is 12.2. The number of morpholine rings is 1. The molecule has 12 nitrogen and oxygen atoms in total. The zero-order valence-corrected chi connectivity index (χ0v) is 25.3. The van der Waals surface area contributed by atoms with Gasteiger partial charge in [-0.05, 0) is 50.2 Å². The summed E-state index contributed by atoms with van der Waals surface area (Å²) in [6, 6.07) is 12.2. The molecule has 1 aromatic carbocycles. The van der Waals surface area contributed by atoms with E-state index in [0.717, 1.165) is 100 Å². The van der Waals surface area contributed by atoms with E-state index in [1.165, 1.54) is 0 Å². The number of aromatic nitrogens is 3. The average Bonchev–Trinajstić information content (AvgIpc) is 3.03. The smallest absolute Gasteiger partial charge is 0.239 e. The quantitative estimate of drug-likeness (QED) is 0.444. The number of ether oxygens (including phenoxy) is 1. The van der Waals surface area contributed by atoms with Crippen LogP contribution in [0, 0.1) is 11.3 Å². The van der Waals surface area contributed by atoms with Crippen LogP contribution in [0.25, 0.3) is 10.9 Å². The molecule has 3 atom stereocenters. The zero-order chi connectivity index (χ0) is 30.0. The van der Waals surface area contributed by atoms with E-state index in [-0.39, 0.29) is 24.2 Å².